The Morgan fingerprint density at radius 1 is 1.46 bits per heavy atom. The van der Waals surface area contributed by atoms with Gasteiger partial charge in [0.1, 0.15) is 0 Å². The highest BCUT2D eigenvalue weighted by atomic mass is 16.5. The fourth-order valence-corrected chi connectivity index (χ4v) is 0.968. The van der Waals surface area contributed by atoms with Crippen molar-refractivity contribution in [2.75, 3.05) is 6.61 Å². The molecule has 0 aromatic heterocycles. The van der Waals surface area contributed by atoms with Gasteiger partial charge in [-0.3, -0.25) is 5.41 Å². The number of amidine groups is 1. The van der Waals surface area contributed by atoms with E-state index in [1.165, 1.54) is 0 Å². The predicted octanol–water partition coefficient (Wildman–Crippen LogP) is 2.15. The second kappa shape index (κ2) is 5.22. The molecule has 0 aromatic carbocycles. The third-order valence-electron chi connectivity index (χ3n) is 2.13. The van der Waals surface area contributed by atoms with Gasteiger partial charge in [-0.2, -0.15) is 0 Å². The van der Waals surface area contributed by atoms with Gasteiger partial charge in [0.2, 0.25) is 0 Å². The SMILES string of the molecule is CC(C)OCCCC(C)(C)C(=N)N. The van der Waals surface area contributed by atoms with E-state index < -0.39 is 0 Å². The molecule has 3 heteroatoms. The van der Waals surface area contributed by atoms with Crippen LogP contribution in [0.15, 0.2) is 0 Å². The summed E-state index contributed by atoms with van der Waals surface area (Å²) in [6.07, 6.45) is 2.17. The Hall–Kier alpha value is -0.570. The first-order chi connectivity index (χ1) is 5.86. The summed E-state index contributed by atoms with van der Waals surface area (Å²) in [7, 11) is 0. The predicted molar refractivity (Wildman–Crippen MR) is 56.0 cm³/mol. The Balaban J connectivity index is 3.58. The van der Waals surface area contributed by atoms with Crippen molar-refractivity contribution in [3.63, 3.8) is 0 Å². The summed E-state index contributed by atoms with van der Waals surface area (Å²) in [4.78, 5) is 0. The molecule has 0 bridgehead atoms. The minimum atomic E-state index is -0.180. The molecule has 0 atom stereocenters. The van der Waals surface area contributed by atoms with Gasteiger partial charge in [0.15, 0.2) is 0 Å². The lowest BCUT2D eigenvalue weighted by molar-refractivity contribution is 0.0728. The first-order valence-electron chi connectivity index (χ1n) is 4.82. The van der Waals surface area contributed by atoms with Gasteiger partial charge in [0.25, 0.3) is 0 Å². The van der Waals surface area contributed by atoms with E-state index in [4.69, 9.17) is 15.9 Å². The van der Waals surface area contributed by atoms with Crippen LogP contribution in [0.5, 0.6) is 0 Å². The van der Waals surface area contributed by atoms with Crippen LogP contribution in [0.3, 0.4) is 0 Å². The highest BCUT2D eigenvalue weighted by molar-refractivity contribution is 5.82. The molecule has 0 aromatic rings. The van der Waals surface area contributed by atoms with Crippen molar-refractivity contribution in [3.8, 4) is 0 Å². The molecule has 0 fully saturated rings. The highest BCUT2D eigenvalue weighted by Gasteiger charge is 2.20. The lowest BCUT2D eigenvalue weighted by atomic mass is 9.87. The average molecular weight is 186 g/mol. The molecule has 3 nitrogen and oxygen atoms in total. The van der Waals surface area contributed by atoms with Gasteiger partial charge >= 0.3 is 0 Å². The molecular formula is C10H22N2O. The van der Waals surface area contributed by atoms with Crippen LogP contribution in [0.25, 0.3) is 0 Å². The molecule has 0 radical (unpaired) electrons. The summed E-state index contributed by atoms with van der Waals surface area (Å²) in [6, 6.07) is 0. The van der Waals surface area contributed by atoms with Crippen LogP contribution >= 0.6 is 0 Å². The lowest BCUT2D eigenvalue weighted by Crippen LogP contribution is -2.31. The largest absolute Gasteiger partial charge is 0.387 e. The maximum absolute atomic E-state index is 7.35. The molecular weight excluding hydrogens is 164 g/mol. The molecule has 0 amide bonds. The summed E-state index contributed by atoms with van der Waals surface area (Å²) in [6.45, 7) is 8.79. The summed E-state index contributed by atoms with van der Waals surface area (Å²) in [5.41, 5.74) is 5.27. The van der Waals surface area contributed by atoms with Gasteiger partial charge < -0.3 is 10.5 Å². The number of nitrogens with two attached hydrogens (primary N) is 1. The monoisotopic (exact) mass is 186 g/mol. The van der Waals surface area contributed by atoms with E-state index >= 15 is 0 Å². The van der Waals surface area contributed by atoms with Crippen LogP contribution in [-0.2, 0) is 4.74 Å². The van der Waals surface area contributed by atoms with Crippen LogP contribution in [-0.4, -0.2) is 18.5 Å². The Bertz CT molecular complexity index is 164. The van der Waals surface area contributed by atoms with E-state index in [-0.39, 0.29) is 11.3 Å². The number of rotatable bonds is 6. The maximum Gasteiger partial charge on any atom is 0.0963 e. The number of hydrogen-bond acceptors (Lipinski definition) is 2. The topological polar surface area (TPSA) is 59.1 Å². The Kier molecular flexibility index (Phi) is 4.99. The second-order valence-corrected chi connectivity index (χ2v) is 4.32. The van der Waals surface area contributed by atoms with Crippen molar-refractivity contribution in [1.29, 1.82) is 5.41 Å². The molecule has 0 heterocycles. The molecule has 0 spiro atoms. The van der Waals surface area contributed by atoms with Gasteiger partial charge in [-0.1, -0.05) is 13.8 Å². The first kappa shape index (κ1) is 12.4. The molecule has 0 aliphatic heterocycles. The summed E-state index contributed by atoms with van der Waals surface area (Å²) in [5, 5.41) is 7.35. The molecule has 0 unspecified atom stereocenters. The van der Waals surface area contributed by atoms with Gasteiger partial charge in [0, 0.05) is 12.0 Å². The van der Waals surface area contributed by atoms with E-state index in [1.807, 2.05) is 27.7 Å². The van der Waals surface area contributed by atoms with Crippen molar-refractivity contribution >= 4 is 5.84 Å². The molecule has 0 aliphatic carbocycles. The fraction of sp³-hybridized carbons (Fsp3) is 0.900. The fourth-order valence-electron chi connectivity index (χ4n) is 0.968. The zero-order chi connectivity index (χ0) is 10.5. The normalized spacial score (nSPS) is 12.1. The quantitative estimate of drug-likeness (QED) is 0.379. The molecule has 0 saturated carbocycles. The van der Waals surface area contributed by atoms with E-state index in [0.717, 1.165) is 19.4 Å². The number of nitrogens with one attached hydrogen (secondary N) is 1. The Labute approximate surface area is 81.2 Å². The molecule has 0 rings (SSSR count). The van der Waals surface area contributed by atoms with Crippen LogP contribution in [0.2, 0.25) is 0 Å². The molecule has 78 valence electrons. The summed E-state index contributed by atoms with van der Waals surface area (Å²) in [5.74, 6) is 0.261. The zero-order valence-electron chi connectivity index (χ0n) is 9.18. The third-order valence-corrected chi connectivity index (χ3v) is 2.13. The van der Waals surface area contributed by atoms with Crippen LogP contribution in [0.1, 0.15) is 40.5 Å². The molecule has 0 aliphatic rings. The van der Waals surface area contributed by atoms with E-state index in [2.05, 4.69) is 0 Å². The zero-order valence-corrected chi connectivity index (χ0v) is 9.18. The average Bonchev–Trinajstić information content (AvgIpc) is 1.97. The lowest BCUT2D eigenvalue weighted by Gasteiger charge is -2.22. The smallest absolute Gasteiger partial charge is 0.0963 e. The van der Waals surface area contributed by atoms with E-state index in [9.17, 15) is 0 Å². The van der Waals surface area contributed by atoms with Crippen molar-refractivity contribution in [1.82, 2.24) is 0 Å². The van der Waals surface area contributed by atoms with Crippen LogP contribution < -0.4 is 5.73 Å². The molecule has 3 N–H and O–H groups in total. The minimum Gasteiger partial charge on any atom is -0.387 e. The van der Waals surface area contributed by atoms with Gasteiger partial charge in [-0.25, -0.2) is 0 Å². The van der Waals surface area contributed by atoms with Crippen molar-refractivity contribution in [2.45, 2.75) is 46.6 Å². The van der Waals surface area contributed by atoms with Crippen molar-refractivity contribution in [3.05, 3.63) is 0 Å². The van der Waals surface area contributed by atoms with Crippen LogP contribution in [0, 0.1) is 10.8 Å². The molecule has 0 saturated heterocycles. The van der Waals surface area contributed by atoms with Gasteiger partial charge in [-0.05, 0) is 26.7 Å². The standard InChI is InChI=1S/C10H22N2O/c1-8(2)13-7-5-6-10(3,4)9(11)12/h8H,5-7H2,1-4H3,(H3,11,12). The van der Waals surface area contributed by atoms with Gasteiger partial charge in [0.05, 0.1) is 11.9 Å². The summed E-state index contributed by atoms with van der Waals surface area (Å²) < 4.78 is 5.41. The third kappa shape index (κ3) is 5.64. The van der Waals surface area contributed by atoms with E-state index in [0.29, 0.717) is 6.10 Å². The van der Waals surface area contributed by atoms with Crippen LogP contribution in [0.4, 0.5) is 0 Å². The van der Waals surface area contributed by atoms with Gasteiger partial charge in [-0.15, -0.1) is 0 Å². The Morgan fingerprint density at radius 2 is 2.00 bits per heavy atom. The van der Waals surface area contributed by atoms with E-state index in [1.54, 1.807) is 0 Å². The molecule has 13 heavy (non-hydrogen) atoms. The highest BCUT2D eigenvalue weighted by Crippen LogP contribution is 2.21. The number of hydrogen-bond donors (Lipinski definition) is 2. The summed E-state index contributed by atoms with van der Waals surface area (Å²) >= 11 is 0. The van der Waals surface area contributed by atoms with Crippen molar-refractivity contribution in [2.24, 2.45) is 11.1 Å². The van der Waals surface area contributed by atoms with Crippen molar-refractivity contribution < 1.29 is 4.74 Å². The first-order valence-corrected chi connectivity index (χ1v) is 4.82. The minimum absolute atomic E-state index is 0.180. The second-order valence-electron chi connectivity index (χ2n) is 4.32. The maximum atomic E-state index is 7.35. The Morgan fingerprint density at radius 3 is 2.38 bits per heavy atom. The number of ether oxygens (including phenoxy) is 1.